The molecule has 11 rings (SSSR count). The number of carbonyl (C=O) groups excluding carboxylic acids is 1. The molecule has 11 aliphatic rings. The Morgan fingerprint density at radius 3 is 1.66 bits per heavy atom. The van der Waals surface area contributed by atoms with Gasteiger partial charge in [-0.1, -0.05) is 53.2 Å². The standard InChI is InChI=1S/C65H106O32/c1-25-36(71)51(95-55-48(83)44(79)50(31(21-68)91-55)94-54-46(81)42(77)39(74)30(20-67)90-54)49(84)57(88-25)96-52-37(72)28(70)22-86-58(52)93-35-11-12-61(4)33(62(35,5)24-69)10-13-64(7)34(61)9-8-26-27-18-60(2,3)14-16-65(27,17-15-63(26,64)6)59(85)97-56-47(82)43(78)40(75)32(92-56)23-87-53-45(80)41(76)38(73)29(19-66)89-53/h8,25,27-58,66-84H,9-24H2,1-7H3/t25-,27+,28-,29+,30+,31+,32+,33-,34-,35+,36-,37+,38+,39+,40+,41-,42-,43-,44+,45+,46+,47+,48+,49-,50+,51+,52-,53+,54-,55-,56-,57+,58+,61-,62-,63+,64-,65+/m1/s1. The summed E-state index contributed by atoms with van der Waals surface area (Å²) in [5.74, 6) is -1.05. The predicted octanol–water partition coefficient (Wildman–Crippen LogP) is -5.75. The molecule has 19 N–H and O–H groups in total. The molecule has 6 saturated heterocycles. The number of hydrogen-bond acceptors (Lipinski definition) is 32. The Morgan fingerprint density at radius 2 is 1.03 bits per heavy atom. The van der Waals surface area contributed by atoms with Gasteiger partial charge in [-0.05, 0) is 111 Å². The third-order valence-electron chi connectivity index (χ3n) is 25.3. The summed E-state index contributed by atoms with van der Waals surface area (Å²) in [7, 11) is 0. The number of ether oxygens (including phenoxy) is 12. The Hall–Kier alpha value is -1.99. The molecular weight excluding hydrogens is 1290 g/mol. The maximum Gasteiger partial charge on any atom is 0.315 e. The fraction of sp³-hybridized carbons (Fsp3) is 0.954. The first-order valence-corrected chi connectivity index (χ1v) is 34.3. The van der Waals surface area contributed by atoms with Gasteiger partial charge in [0.1, 0.15) is 134 Å². The molecule has 5 aliphatic carbocycles. The van der Waals surface area contributed by atoms with Gasteiger partial charge in [-0.25, -0.2) is 0 Å². The highest BCUT2D eigenvalue weighted by Crippen LogP contribution is 2.76. The summed E-state index contributed by atoms with van der Waals surface area (Å²) in [4.78, 5) is 15.2. The summed E-state index contributed by atoms with van der Waals surface area (Å²) < 4.78 is 71.2. The minimum atomic E-state index is -2.06. The van der Waals surface area contributed by atoms with Crippen LogP contribution in [-0.2, 0) is 61.6 Å². The van der Waals surface area contributed by atoms with Gasteiger partial charge in [0.05, 0.1) is 57.3 Å². The predicted molar refractivity (Wildman–Crippen MR) is 322 cm³/mol. The zero-order chi connectivity index (χ0) is 70.7. The van der Waals surface area contributed by atoms with E-state index < -0.39 is 245 Å². The Labute approximate surface area is 561 Å². The number of carbonyl (C=O) groups is 1. The number of esters is 1. The van der Waals surface area contributed by atoms with E-state index in [1.54, 1.807) is 0 Å². The van der Waals surface area contributed by atoms with Crippen LogP contribution in [0.4, 0.5) is 0 Å². The molecule has 0 bridgehead atoms. The molecule has 0 amide bonds. The summed E-state index contributed by atoms with van der Waals surface area (Å²) >= 11 is 0. The van der Waals surface area contributed by atoms with Crippen LogP contribution in [0.15, 0.2) is 11.6 Å². The van der Waals surface area contributed by atoms with E-state index in [-0.39, 0.29) is 35.2 Å². The Balaban J connectivity index is 0.772. The smallest absolute Gasteiger partial charge is 0.315 e. The molecule has 0 spiro atoms. The van der Waals surface area contributed by atoms with Crippen LogP contribution in [0.5, 0.6) is 0 Å². The van der Waals surface area contributed by atoms with Crippen molar-refractivity contribution in [3.05, 3.63) is 11.6 Å². The van der Waals surface area contributed by atoms with Gasteiger partial charge in [0.15, 0.2) is 31.5 Å². The summed E-state index contributed by atoms with van der Waals surface area (Å²) in [5.41, 5.74) is -2.30. The molecule has 32 nitrogen and oxygen atoms in total. The van der Waals surface area contributed by atoms with Crippen molar-refractivity contribution in [2.24, 2.45) is 50.2 Å². The van der Waals surface area contributed by atoms with Crippen LogP contribution in [0.25, 0.3) is 0 Å². The van der Waals surface area contributed by atoms with E-state index in [1.807, 2.05) is 6.92 Å². The highest BCUT2D eigenvalue weighted by Gasteiger charge is 2.71. The van der Waals surface area contributed by atoms with Gasteiger partial charge in [0.25, 0.3) is 0 Å². The van der Waals surface area contributed by atoms with Crippen molar-refractivity contribution in [1.82, 2.24) is 0 Å². The first-order chi connectivity index (χ1) is 45.6. The highest BCUT2D eigenvalue weighted by atomic mass is 16.8. The molecule has 6 heterocycles. The number of rotatable bonds is 17. The third-order valence-corrected chi connectivity index (χ3v) is 25.3. The number of aliphatic hydroxyl groups is 19. The van der Waals surface area contributed by atoms with Crippen molar-refractivity contribution in [3.8, 4) is 0 Å². The normalized spacial score (nSPS) is 54.7. The second kappa shape index (κ2) is 28.8. The molecule has 4 saturated carbocycles. The van der Waals surface area contributed by atoms with Gasteiger partial charge in [-0.15, -0.1) is 0 Å². The van der Waals surface area contributed by atoms with Crippen molar-refractivity contribution in [2.45, 2.75) is 297 Å². The van der Waals surface area contributed by atoms with Crippen molar-refractivity contribution in [2.75, 3.05) is 39.6 Å². The lowest BCUT2D eigenvalue weighted by molar-refractivity contribution is -0.390. The van der Waals surface area contributed by atoms with E-state index in [2.05, 4.69) is 40.7 Å². The Morgan fingerprint density at radius 1 is 0.495 bits per heavy atom. The molecule has 0 unspecified atom stereocenters. The Kier molecular flexibility index (Phi) is 22.6. The van der Waals surface area contributed by atoms with Gasteiger partial charge >= 0.3 is 5.97 Å². The van der Waals surface area contributed by atoms with E-state index in [4.69, 9.17) is 56.8 Å². The SMILES string of the molecule is C[C@H]1O[C@@H](O[C@H]2[C@H](O[C@H]3CC[C@]4(C)[C@@H](CC[C@]5(C)[C@@H]4CC=C4[C@@H]6CC(C)(C)CC[C@]6(C(=O)O[C@H]6O[C@@H](CO[C@H]7O[C@@H](CO)[C@H](O)[C@@H](O)[C@@H]7O)[C@H](O)[C@@H](O)[C@@H]6O)CC[C@@]45C)[C@@]3(C)CO)OC[C@@H](O)[C@@H]2O)[C@H](O)[C@@H](O[C@H]2O[C@@H](CO)[C@H](O[C@H]3O[C@@H](CO)[C@H](O)[C@@H](O)[C@@H]3O)[C@@H](O)[C@@H]2O)[C@@H]1O. The lowest BCUT2D eigenvalue weighted by Crippen LogP contribution is -2.67. The van der Waals surface area contributed by atoms with Crippen LogP contribution >= 0.6 is 0 Å². The molecule has 38 atom stereocenters. The number of fused-ring (bicyclic) bond motifs is 7. The molecule has 0 aromatic heterocycles. The summed E-state index contributed by atoms with van der Waals surface area (Å²) in [6.07, 6.45) is -42.2. The number of aliphatic hydroxyl groups excluding tert-OH is 19. The van der Waals surface area contributed by atoms with Gasteiger partial charge in [-0.2, -0.15) is 0 Å². The van der Waals surface area contributed by atoms with E-state index in [0.29, 0.717) is 57.8 Å². The number of hydrogen-bond donors (Lipinski definition) is 19. The zero-order valence-electron chi connectivity index (χ0n) is 55.7. The first kappa shape index (κ1) is 76.1. The first-order valence-electron chi connectivity index (χ1n) is 34.3. The fourth-order valence-electron chi connectivity index (χ4n) is 19.0. The minimum Gasteiger partial charge on any atom is -0.432 e. The van der Waals surface area contributed by atoms with Crippen LogP contribution in [0, 0.1) is 50.2 Å². The lowest BCUT2D eigenvalue weighted by Gasteiger charge is -2.71. The van der Waals surface area contributed by atoms with Crippen molar-refractivity contribution < 1.29 is 159 Å². The van der Waals surface area contributed by atoms with Crippen LogP contribution in [0.2, 0.25) is 0 Å². The molecule has 10 fully saturated rings. The van der Waals surface area contributed by atoms with Gasteiger partial charge in [-0.3, -0.25) is 4.79 Å². The van der Waals surface area contributed by atoms with Crippen LogP contribution in [0.1, 0.15) is 113 Å². The van der Waals surface area contributed by atoms with Crippen molar-refractivity contribution in [1.29, 1.82) is 0 Å². The van der Waals surface area contributed by atoms with Crippen LogP contribution < -0.4 is 0 Å². The van der Waals surface area contributed by atoms with E-state index >= 15 is 4.79 Å². The van der Waals surface area contributed by atoms with Crippen molar-refractivity contribution in [3.63, 3.8) is 0 Å². The molecule has 0 aromatic rings. The highest BCUT2D eigenvalue weighted by molar-refractivity contribution is 5.79. The maximum atomic E-state index is 15.2. The largest absolute Gasteiger partial charge is 0.432 e. The average Bonchev–Trinajstić information content (AvgIpc) is 0.675. The van der Waals surface area contributed by atoms with Gasteiger partial charge < -0.3 is 154 Å². The van der Waals surface area contributed by atoms with Crippen LogP contribution in [-0.4, -0.2) is 327 Å². The maximum absolute atomic E-state index is 15.2. The second-order valence-electron chi connectivity index (χ2n) is 31.3. The molecule has 6 aliphatic heterocycles. The average molecular weight is 1400 g/mol. The molecule has 0 aromatic carbocycles. The molecule has 0 radical (unpaired) electrons. The quantitative estimate of drug-likeness (QED) is 0.0366. The van der Waals surface area contributed by atoms with Crippen molar-refractivity contribution >= 4 is 5.97 Å². The zero-order valence-corrected chi connectivity index (χ0v) is 55.7. The topological polar surface area (TPSA) is 512 Å². The van der Waals surface area contributed by atoms with E-state index in [1.165, 1.54) is 6.92 Å². The van der Waals surface area contributed by atoms with Gasteiger partial charge in [0, 0.05) is 5.41 Å². The second-order valence-corrected chi connectivity index (χ2v) is 31.3. The van der Waals surface area contributed by atoms with Gasteiger partial charge in [0.2, 0.25) is 6.29 Å². The summed E-state index contributed by atoms with van der Waals surface area (Å²) in [6, 6.07) is 0. The molecule has 32 heteroatoms. The minimum absolute atomic E-state index is 0.0526. The lowest BCUT2D eigenvalue weighted by atomic mass is 9.33. The summed E-state index contributed by atoms with van der Waals surface area (Å²) in [6.45, 7) is 10.9. The monoisotopic (exact) mass is 1400 g/mol. The fourth-order valence-corrected chi connectivity index (χ4v) is 19.0. The Bertz CT molecular complexity index is 2710. The number of allylic oxidation sites excluding steroid dienone is 2. The molecular formula is C65H106O32. The van der Waals surface area contributed by atoms with E-state index in [0.717, 1.165) is 12.0 Å². The van der Waals surface area contributed by atoms with E-state index in [9.17, 15) is 97.0 Å². The molecule has 97 heavy (non-hydrogen) atoms. The van der Waals surface area contributed by atoms with Crippen LogP contribution in [0.3, 0.4) is 0 Å². The third kappa shape index (κ3) is 13.2. The summed E-state index contributed by atoms with van der Waals surface area (Å²) in [5, 5.41) is 206. The molecule has 558 valence electrons.